The summed E-state index contributed by atoms with van der Waals surface area (Å²) in [5.41, 5.74) is 8.30. The Bertz CT molecular complexity index is 761. The summed E-state index contributed by atoms with van der Waals surface area (Å²) in [5.74, 6) is 1.44. The Hall–Kier alpha value is -2.09. The fourth-order valence-corrected chi connectivity index (χ4v) is 3.16. The summed E-state index contributed by atoms with van der Waals surface area (Å²) < 4.78 is 3.93. The number of hydrogen-bond acceptors (Lipinski definition) is 6. The molecule has 3 heterocycles. The van der Waals surface area contributed by atoms with Gasteiger partial charge in [-0.05, 0) is 19.4 Å². The largest absolute Gasteiger partial charge is 0.382 e. The second-order valence-electron chi connectivity index (χ2n) is 4.82. The number of aromatic nitrogens is 6. The molecule has 2 N–H and O–H groups in total. The highest BCUT2D eigenvalue weighted by Crippen LogP contribution is 2.20. The zero-order valence-electron chi connectivity index (χ0n) is 12.0. The summed E-state index contributed by atoms with van der Waals surface area (Å²) >= 11 is 1.81. The van der Waals surface area contributed by atoms with Crippen LogP contribution in [0.4, 0.5) is 5.82 Å². The van der Waals surface area contributed by atoms with Crippen LogP contribution in [0.1, 0.15) is 12.1 Å². The summed E-state index contributed by atoms with van der Waals surface area (Å²) in [6.45, 7) is 2.86. The predicted octanol–water partition coefficient (Wildman–Crippen LogP) is 1.63. The topological polar surface area (TPSA) is 87.4 Å². The van der Waals surface area contributed by atoms with Crippen LogP contribution in [0.25, 0.3) is 11.2 Å². The first kappa shape index (κ1) is 13.9. The van der Waals surface area contributed by atoms with E-state index in [1.165, 1.54) is 11.4 Å². The molecule has 7 nitrogen and oxygen atoms in total. The Morgan fingerprint density at radius 3 is 2.90 bits per heavy atom. The maximum atomic E-state index is 5.78. The number of anilines is 1. The van der Waals surface area contributed by atoms with Crippen LogP contribution in [0.5, 0.6) is 0 Å². The minimum absolute atomic E-state index is 0.429. The molecule has 0 atom stereocenters. The van der Waals surface area contributed by atoms with Gasteiger partial charge in [0.25, 0.3) is 0 Å². The maximum absolute atomic E-state index is 5.78. The molecule has 0 amide bonds. The van der Waals surface area contributed by atoms with Gasteiger partial charge in [-0.3, -0.25) is 4.68 Å². The minimum Gasteiger partial charge on any atom is -0.382 e. The first-order valence-electron chi connectivity index (χ1n) is 6.70. The lowest BCUT2D eigenvalue weighted by atomic mass is 10.4. The van der Waals surface area contributed by atoms with E-state index in [1.807, 2.05) is 35.0 Å². The molecule has 0 saturated carbocycles. The average molecular weight is 303 g/mol. The highest BCUT2D eigenvalue weighted by Gasteiger charge is 2.07. The predicted molar refractivity (Wildman–Crippen MR) is 83.0 cm³/mol. The number of rotatable bonds is 5. The molecule has 0 aromatic carbocycles. The van der Waals surface area contributed by atoms with Gasteiger partial charge >= 0.3 is 0 Å². The molecule has 0 unspecified atom stereocenters. The monoisotopic (exact) mass is 303 g/mol. The fourth-order valence-electron chi connectivity index (χ4n) is 2.20. The van der Waals surface area contributed by atoms with Crippen molar-refractivity contribution in [2.24, 2.45) is 7.05 Å². The number of imidazole rings is 1. The van der Waals surface area contributed by atoms with Gasteiger partial charge in [-0.25, -0.2) is 15.0 Å². The van der Waals surface area contributed by atoms with Crippen LogP contribution in [0.3, 0.4) is 0 Å². The van der Waals surface area contributed by atoms with E-state index in [9.17, 15) is 0 Å². The second-order valence-corrected chi connectivity index (χ2v) is 5.93. The van der Waals surface area contributed by atoms with Crippen molar-refractivity contribution < 1.29 is 0 Å². The summed E-state index contributed by atoms with van der Waals surface area (Å²) in [4.78, 5) is 12.5. The van der Waals surface area contributed by atoms with Gasteiger partial charge in [-0.1, -0.05) is 0 Å². The third kappa shape index (κ3) is 2.85. The first-order valence-corrected chi connectivity index (χ1v) is 7.68. The zero-order valence-corrected chi connectivity index (χ0v) is 12.8. The van der Waals surface area contributed by atoms with E-state index < -0.39 is 0 Å². The van der Waals surface area contributed by atoms with Crippen molar-refractivity contribution in [3.63, 3.8) is 0 Å². The molecule has 0 radical (unpaired) electrons. The van der Waals surface area contributed by atoms with Crippen LogP contribution < -0.4 is 5.73 Å². The number of nitrogens with two attached hydrogens (primary N) is 1. The van der Waals surface area contributed by atoms with Crippen molar-refractivity contribution in [3.8, 4) is 0 Å². The van der Waals surface area contributed by atoms with Crippen LogP contribution in [-0.4, -0.2) is 35.1 Å². The minimum atomic E-state index is 0.429. The molecule has 0 fully saturated rings. The van der Waals surface area contributed by atoms with E-state index in [4.69, 9.17) is 5.73 Å². The van der Waals surface area contributed by atoms with Crippen LogP contribution in [-0.2, 0) is 13.6 Å². The van der Waals surface area contributed by atoms with Gasteiger partial charge in [0, 0.05) is 19.3 Å². The molecule has 0 saturated heterocycles. The number of hydrogen-bond donors (Lipinski definition) is 1. The summed E-state index contributed by atoms with van der Waals surface area (Å²) in [6, 6.07) is 2.10. The maximum Gasteiger partial charge on any atom is 0.165 e. The lowest BCUT2D eigenvalue weighted by Gasteiger charge is -2.04. The van der Waals surface area contributed by atoms with E-state index in [0.717, 1.165) is 30.1 Å². The molecular weight excluding hydrogens is 286 g/mol. The Kier molecular flexibility index (Phi) is 3.78. The summed E-state index contributed by atoms with van der Waals surface area (Å²) in [5, 5.41) is 5.53. The van der Waals surface area contributed by atoms with Gasteiger partial charge in [-0.15, -0.1) is 11.8 Å². The van der Waals surface area contributed by atoms with Gasteiger partial charge in [0.05, 0.1) is 17.0 Å². The van der Waals surface area contributed by atoms with E-state index in [2.05, 4.69) is 26.1 Å². The smallest absolute Gasteiger partial charge is 0.165 e. The highest BCUT2D eigenvalue weighted by molar-refractivity contribution is 7.99. The fraction of sp³-hybridized carbons (Fsp3) is 0.385. The molecule has 3 rings (SSSR count). The van der Waals surface area contributed by atoms with Gasteiger partial charge < -0.3 is 10.3 Å². The number of aryl methyl sites for hydroxylation is 3. The Morgan fingerprint density at radius 2 is 2.14 bits per heavy atom. The quantitative estimate of drug-likeness (QED) is 0.569. The third-order valence-electron chi connectivity index (χ3n) is 3.18. The number of nitrogen functional groups attached to an aromatic ring is 1. The Labute approximate surface area is 126 Å². The highest BCUT2D eigenvalue weighted by atomic mass is 32.2. The van der Waals surface area contributed by atoms with Crippen LogP contribution in [0.15, 0.2) is 23.7 Å². The van der Waals surface area contributed by atoms with Crippen molar-refractivity contribution in [1.82, 2.24) is 29.3 Å². The Morgan fingerprint density at radius 1 is 1.29 bits per heavy atom. The number of nitrogens with zero attached hydrogens (tertiary/aromatic N) is 6. The van der Waals surface area contributed by atoms with Gasteiger partial charge in [-0.2, -0.15) is 5.10 Å². The number of thioether (sulfide) groups is 1. The van der Waals surface area contributed by atoms with E-state index in [-0.39, 0.29) is 0 Å². The van der Waals surface area contributed by atoms with Crippen molar-refractivity contribution in [1.29, 1.82) is 0 Å². The average Bonchev–Trinajstić information content (AvgIpc) is 3.00. The molecule has 3 aromatic rings. The molecule has 0 aliphatic rings. The Balaban J connectivity index is 1.60. The lowest BCUT2D eigenvalue weighted by molar-refractivity contribution is 0.683. The van der Waals surface area contributed by atoms with Crippen LogP contribution in [0.2, 0.25) is 0 Å². The van der Waals surface area contributed by atoms with Gasteiger partial charge in [0.15, 0.2) is 11.5 Å². The van der Waals surface area contributed by atoms with Crippen molar-refractivity contribution in [3.05, 3.63) is 24.4 Å². The van der Waals surface area contributed by atoms with Gasteiger partial charge in [0.1, 0.15) is 11.8 Å². The summed E-state index contributed by atoms with van der Waals surface area (Å²) in [6.07, 6.45) is 4.27. The van der Waals surface area contributed by atoms with Crippen LogP contribution in [0, 0.1) is 6.92 Å². The van der Waals surface area contributed by atoms with Crippen molar-refractivity contribution in [2.45, 2.75) is 24.9 Å². The SMILES string of the molecule is Cc1cc(SCCCn2cnc3c(N)ncnc32)n(C)n1. The lowest BCUT2D eigenvalue weighted by Crippen LogP contribution is -2.00. The third-order valence-corrected chi connectivity index (χ3v) is 4.35. The van der Waals surface area contributed by atoms with E-state index in [0.29, 0.717) is 11.3 Å². The molecular formula is C13H17N7S. The molecule has 3 aromatic heterocycles. The van der Waals surface area contributed by atoms with Crippen LogP contribution >= 0.6 is 11.8 Å². The molecule has 0 spiro atoms. The van der Waals surface area contributed by atoms with Gasteiger partial charge in [0.2, 0.25) is 0 Å². The normalized spacial score (nSPS) is 11.3. The standard InChI is InChI=1S/C13H17N7S/c1-9-6-10(19(2)18-9)21-5-3-4-20-8-17-11-12(14)15-7-16-13(11)20/h6-8H,3-5H2,1-2H3,(H2,14,15,16). The molecule has 0 aliphatic carbocycles. The summed E-state index contributed by atoms with van der Waals surface area (Å²) in [7, 11) is 1.97. The second kappa shape index (κ2) is 5.72. The van der Waals surface area contributed by atoms with Crippen molar-refractivity contribution >= 4 is 28.7 Å². The molecule has 8 heteroatoms. The zero-order chi connectivity index (χ0) is 14.8. The molecule has 0 aliphatic heterocycles. The molecule has 0 bridgehead atoms. The van der Waals surface area contributed by atoms with Crippen molar-refractivity contribution in [2.75, 3.05) is 11.5 Å². The van der Waals surface area contributed by atoms with E-state index in [1.54, 1.807) is 6.33 Å². The number of fused-ring (bicyclic) bond motifs is 1. The molecule has 110 valence electrons. The van der Waals surface area contributed by atoms with E-state index >= 15 is 0 Å². The first-order chi connectivity index (χ1) is 10.1. The molecule has 21 heavy (non-hydrogen) atoms.